The summed E-state index contributed by atoms with van der Waals surface area (Å²) >= 11 is 0. The van der Waals surface area contributed by atoms with E-state index in [1.807, 2.05) is 13.8 Å². The quantitative estimate of drug-likeness (QED) is 0.768. The Morgan fingerprint density at radius 2 is 2.19 bits per heavy atom. The molecule has 0 radical (unpaired) electrons. The molecule has 1 saturated heterocycles. The first-order chi connectivity index (χ1) is 7.36. The van der Waals surface area contributed by atoms with Crippen molar-refractivity contribution in [2.24, 2.45) is 11.7 Å². The van der Waals surface area contributed by atoms with Crippen molar-refractivity contribution in [3.8, 4) is 0 Å². The van der Waals surface area contributed by atoms with Crippen LogP contribution in [-0.4, -0.2) is 41.5 Å². The summed E-state index contributed by atoms with van der Waals surface area (Å²) in [6.45, 7) is 4.75. The molecule has 1 aromatic rings. The lowest BCUT2D eigenvalue weighted by Gasteiger charge is -2.49. The third-order valence-corrected chi connectivity index (χ3v) is 4.96. The molecule has 2 heterocycles. The highest BCUT2D eigenvalue weighted by atomic mass is 32.2. The number of aromatic amines is 1. The summed E-state index contributed by atoms with van der Waals surface area (Å²) in [5, 5.41) is 6.13. The summed E-state index contributed by atoms with van der Waals surface area (Å²) in [5.41, 5.74) is 5.66. The zero-order valence-corrected chi connectivity index (χ0v) is 10.2. The van der Waals surface area contributed by atoms with Gasteiger partial charge in [-0.25, -0.2) is 8.42 Å². The van der Waals surface area contributed by atoms with Crippen LogP contribution in [-0.2, 0) is 10.0 Å². The van der Waals surface area contributed by atoms with Crippen molar-refractivity contribution in [2.45, 2.75) is 24.3 Å². The summed E-state index contributed by atoms with van der Waals surface area (Å²) in [6.07, 6.45) is 2.68. The molecule has 1 fully saturated rings. The van der Waals surface area contributed by atoms with Crippen LogP contribution in [0.1, 0.15) is 13.8 Å². The van der Waals surface area contributed by atoms with Gasteiger partial charge in [-0.15, -0.1) is 0 Å². The summed E-state index contributed by atoms with van der Waals surface area (Å²) in [6, 6.07) is 0. The molecule has 16 heavy (non-hydrogen) atoms. The minimum absolute atomic E-state index is 0.193. The standard InChI is InChI=1S/C9H16N4O2S/c1-7(2)9(10)5-13(6-9)16(14,15)8-3-11-12-4-8/h3-4,7H,5-6,10H2,1-2H3,(H,11,12). The van der Waals surface area contributed by atoms with Crippen molar-refractivity contribution in [1.82, 2.24) is 14.5 Å². The van der Waals surface area contributed by atoms with E-state index >= 15 is 0 Å². The van der Waals surface area contributed by atoms with E-state index in [0.29, 0.717) is 13.1 Å². The maximum atomic E-state index is 12.0. The predicted octanol–water partition coefficient (Wildman–Crippen LogP) is -0.232. The van der Waals surface area contributed by atoms with Crippen molar-refractivity contribution in [2.75, 3.05) is 13.1 Å². The Hall–Kier alpha value is -0.920. The molecule has 1 aromatic heterocycles. The molecule has 0 unspecified atom stereocenters. The minimum atomic E-state index is -3.40. The Kier molecular flexibility index (Phi) is 2.56. The number of sulfonamides is 1. The first kappa shape index (κ1) is 11.6. The van der Waals surface area contributed by atoms with Crippen molar-refractivity contribution >= 4 is 10.0 Å². The Bertz CT molecular complexity index is 460. The number of hydrogen-bond acceptors (Lipinski definition) is 4. The van der Waals surface area contributed by atoms with E-state index < -0.39 is 15.6 Å². The smallest absolute Gasteiger partial charge is 0.246 e. The molecule has 0 spiro atoms. The minimum Gasteiger partial charge on any atom is -0.323 e. The summed E-state index contributed by atoms with van der Waals surface area (Å²) in [4.78, 5) is 0.193. The molecule has 6 nitrogen and oxygen atoms in total. The molecule has 0 aromatic carbocycles. The van der Waals surface area contributed by atoms with Gasteiger partial charge in [-0.1, -0.05) is 13.8 Å². The SMILES string of the molecule is CC(C)C1(N)CN(S(=O)(=O)c2cn[nH]c2)C1. The average Bonchev–Trinajstić information content (AvgIpc) is 2.65. The van der Waals surface area contributed by atoms with Crippen molar-refractivity contribution in [3.05, 3.63) is 12.4 Å². The fraction of sp³-hybridized carbons (Fsp3) is 0.667. The molecular weight excluding hydrogens is 228 g/mol. The molecule has 1 aliphatic rings. The fourth-order valence-corrected chi connectivity index (χ4v) is 3.18. The van der Waals surface area contributed by atoms with E-state index in [-0.39, 0.29) is 10.8 Å². The van der Waals surface area contributed by atoms with Crippen LogP contribution in [0, 0.1) is 5.92 Å². The second-order valence-electron chi connectivity index (χ2n) is 4.59. The average molecular weight is 244 g/mol. The van der Waals surface area contributed by atoms with Gasteiger partial charge in [-0.05, 0) is 5.92 Å². The van der Waals surface area contributed by atoms with Gasteiger partial charge in [-0.2, -0.15) is 9.40 Å². The molecule has 1 aliphatic heterocycles. The van der Waals surface area contributed by atoms with Gasteiger partial charge < -0.3 is 5.73 Å². The Balaban J connectivity index is 2.14. The number of rotatable bonds is 3. The molecule has 3 N–H and O–H groups in total. The molecule has 0 bridgehead atoms. The fourth-order valence-electron chi connectivity index (χ4n) is 1.67. The highest BCUT2D eigenvalue weighted by Gasteiger charge is 2.47. The van der Waals surface area contributed by atoms with E-state index in [1.165, 1.54) is 16.7 Å². The van der Waals surface area contributed by atoms with Crippen molar-refractivity contribution < 1.29 is 8.42 Å². The number of nitrogens with zero attached hydrogens (tertiary/aromatic N) is 2. The van der Waals surface area contributed by atoms with Crippen LogP contribution in [0.3, 0.4) is 0 Å². The Labute approximate surface area is 94.9 Å². The molecule has 0 amide bonds. The number of aromatic nitrogens is 2. The van der Waals surface area contributed by atoms with Crippen molar-refractivity contribution in [1.29, 1.82) is 0 Å². The normalized spacial score (nSPS) is 21.0. The summed E-state index contributed by atoms with van der Waals surface area (Å²) in [5.74, 6) is 0.267. The van der Waals surface area contributed by atoms with E-state index in [9.17, 15) is 8.42 Å². The zero-order chi connectivity index (χ0) is 12.0. The monoisotopic (exact) mass is 244 g/mol. The van der Waals surface area contributed by atoms with E-state index in [4.69, 9.17) is 5.73 Å². The van der Waals surface area contributed by atoms with E-state index in [1.54, 1.807) is 0 Å². The lowest BCUT2D eigenvalue weighted by molar-refractivity contribution is 0.110. The predicted molar refractivity (Wildman–Crippen MR) is 59.1 cm³/mol. The van der Waals surface area contributed by atoms with Gasteiger partial charge in [-0.3, -0.25) is 5.10 Å². The molecule has 90 valence electrons. The van der Waals surface area contributed by atoms with Gasteiger partial charge in [0.25, 0.3) is 0 Å². The lowest BCUT2D eigenvalue weighted by atomic mass is 9.82. The molecule has 0 saturated carbocycles. The number of hydrogen-bond donors (Lipinski definition) is 2. The van der Waals surface area contributed by atoms with Crippen LogP contribution < -0.4 is 5.73 Å². The molecule has 2 rings (SSSR count). The number of nitrogens with one attached hydrogen (secondary N) is 1. The topological polar surface area (TPSA) is 92.1 Å². The van der Waals surface area contributed by atoms with E-state index in [2.05, 4.69) is 10.2 Å². The van der Waals surface area contributed by atoms with Crippen LogP contribution in [0.25, 0.3) is 0 Å². The second-order valence-corrected chi connectivity index (χ2v) is 6.53. The second kappa shape index (κ2) is 3.54. The molecule has 0 aliphatic carbocycles. The summed E-state index contributed by atoms with van der Waals surface area (Å²) < 4.78 is 25.4. The van der Waals surface area contributed by atoms with Crippen LogP contribution in [0.5, 0.6) is 0 Å². The van der Waals surface area contributed by atoms with Crippen LogP contribution >= 0.6 is 0 Å². The zero-order valence-electron chi connectivity index (χ0n) is 9.34. The number of nitrogens with two attached hydrogens (primary N) is 1. The van der Waals surface area contributed by atoms with Gasteiger partial charge in [0.15, 0.2) is 0 Å². The van der Waals surface area contributed by atoms with Gasteiger partial charge in [0, 0.05) is 24.8 Å². The maximum Gasteiger partial charge on any atom is 0.246 e. The van der Waals surface area contributed by atoms with Crippen LogP contribution in [0.15, 0.2) is 17.3 Å². The third-order valence-electron chi connectivity index (χ3n) is 3.20. The van der Waals surface area contributed by atoms with Crippen LogP contribution in [0.2, 0.25) is 0 Å². The summed E-state index contributed by atoms with van der Waals surface area (Å²) in [7, 11) is -3.40. The van der Waals surface area contributed by atoms with Gasteiger partial charge in [0.1, 0.15) is 4.90 Å². The van der Waals surface area contributed by atoms with E-state index in [0.717, 1.165) is 0 Å². The molecule has 0 atom stereocenters. The van der Waals surface area contributed by atoms with Crippen LogP contribution in [0.4, 0.5) is 0 Å². The van der Waals surface area contributed by atoms with Gasteiger partial charge in [0.2, 0.25) is 10.0 Å². The highest BCUT2D eigenvalue weighted by molar-refractivity contribution is 7.89. The third kappa shape index (κ3) is 1.64. The Morgan fingerprint density at radius 3 is 2.62 bits per heavy atom. The lowest BCUT2D eigenvalue weighted by Crippen LogP contribution is -2.70. The number of H-pyrrole nitrogens is 1. The molecule has 7 heteroatoms. The first-order valence-electron chi connectivity index (χ1n) is 5.14. The van der Waals surface area contributed by atoms with Gasteiger partial charge in [0.05, 0.1) is 6.20 Å². The van der Waals surface area contributed by atoms with Crippen molar-refractivity contribution in [3.63, 3.8) is 0 Å². The first-order valence-corrected chi connectivity index (χ1v) is 6.58. The maximum absolute atomic E-state index is 12.0. The Morgan fingerprint density at radius 1 is 1.56 bits per heavy atom. The largest absolute Gasteiger partial charge is 0.323 e. The van der Waals surface area contributed by atoms with Gasteiger partial charge >= 0.3 is 0 Å². The highest BCUT2D eigenvalue weighted by Crippen LogP contribution is 2.30. The molecular formula is C9H16N4O2S.